The van der Waals surface area contributed by atoms with E-state index >= 15 is 0 Å². The second kappa shape index (κ2) is 15.2. The standard InChI is InChI=1S/C42H46ClN9O4S/c1-23-24(2)57-42-37(23)38(27-4-7-30(43)8-5-27)45-33(39-48-47-25(3)52(39)42)19-36(54)44-14-17-49-21-31(22-49)50-15-12-26(13-16-50)28-6-9-32-29(18-28)20-51(41(32)56)34-10-11-35(53)46-40(34)55/h4-9,18,26,31,33-34H,10-17,19-22H2,1-3H3,(H,44,54)(H,46,53,55). The van der Waals surface area contributed by atoms with Gasteiger partial charge in [-0.05, 0) is 93.9 Å². The van der Waals surface area contributed by atoms with Gasteiger partial charge in [0.25, 0.3) is 5.91 Å². The summed E-state index contributed by atoms with van der Waals surface area (Å²) in [7, 11) is 0. The summed E-state index contributed by atoms with van der Waals surface area (Å²) in [5, 5.41) is 16.2. The molecule has 4 aromatic rings. The van der Waals surface area contributed by atoms with E-state index < -0.39 is 12.1 Å². The molecule has 2 aromatic heterocycles. The number of halogens is 1. The summed E-state index contributed by atoms with van der Waals surface area (Å²) < 4.78 is 2.07. The summed E-state index contributed by atoms with van der Waals surface area (Å²) in [6, 6.07) is 13.3. The minimum atomic E-state index is -0.596. The number of piperidine rings is 2. The van der Waals surface area contributed by atoms with Crippen molar-refractivity contribution >= 4 is 52.3 Å². The molecule has 2 atom stereocenters. The van der Waals surface area contributed by atoms with Gasteiger partial charge in [-0.3, -0.25) is 43.9 Å². The first-order valence-corrected chi connectivity index (χ1v) is 21.1. The number of aromatic nitrogens is 3. The molecule has 5 aliphatic rings. The van der Waals surface area contributed by atoms with Crippen LogP contribution in [0.3, 0.4) is 0 Å². The van der Waals surface area contributed by atoms with Crippen LogP contribution < -0.4 is 10.6 Å². The molecule has 13 nitrogen and oxygen atoms in total. The number of nitrogens with one attached hydrogen (secondary N) is 2. The van der Waals surface area contributed by atoms with Gasteiger partial charge in [-0.25, -0.2) is 0 Å². The van der Waals surface area contributed by atoms with Crippen LogP contribution in [0.5, 0.6) is 0 Å². The molecular formula is C42H46ClN9O4S. The van der Waals surface area contributed by atoms with Gasteiger partial charge in [0.2, 0.25) is 17.7 Å². The molecule has 2 unspecified atom stereocenters. The van der Waals surface area contributed by atoms with Gasteiger partial charge in [0.1, 0.15) is 22.9 Å². The maximum absolute atomic E-state index is 13.5. The van der Waals surface area contributed by atoms with Crippen molar-refractivity contribution in [3.63, 3.8) is 0 Å². The number of nitrogens with zero attached hydrogens (tertiary/aromatic N) is 7. The molecule has 2 N–H and O–H groups in total. The van der Waals surface area contributed by atoms with Gasteiger partial charge in [-0.2, -0.15) is 0 Å². The molecule has 296 valence electrons. The minimum absolute atomic E-state index is 0.0664. The number of thiophene rings is 1. The van der Waals surface area contributed by atoms with Crippen molar-refractivity contribution in [3.05, 3.63) is 97.4 Å². The first-order chi connectivity index (χ1) is 27.5. The second-order valence-corrected chi connectivity index (χ2v) is 17.6. The summed E-state index contributed by atoms with van der Waals surface area (Å²) >= 11 is 7.95. The highest BCUT2D eigenvalue weighted by molar-refractivity contribution is 7.15. The van der Waals surface area contributed by atoms with Crippen molar-refractivity contribution in [2.45, 2.75) is 83.5 Å². The number of aryl methyl sites for hydroxylation is 2. The average molecular weight is 808 g/mol. The zero-order valence-electron chi connectivity index (χ0n) is 32.4. The maximum atomic E-state index is 13.5. The van der Waals surface area contributed by atoms with Crippen molar-refractivity contribution < 1.29 is 19.2 Å². The van der Waals surface area contributed by atoms with Crippen molar-refractivity contribution in [1.82, 2.24) is 40.1 Å². The molecule has 0 bridgehead atoms. The number of hydrogen-bond donors (Lipinski definition) is 2. The number of likely N-dealkylation sites (tertiary alicyclic amines) is 2. The Hall–Kier alpha value is -4.76. The number of fused-ring (bicyclic) bond motifs is 4. The summed E-state index contributed by atoms with van der Waals surface area (Å²) in [4.78, 5) is 63.8. The number of aliphatic imine (C=N–C) groups is 1. The Bertz CT molecular complexity index is 2310. The lowest BCUT2D eigenvalue weighted by atomic mass is 9.87. The van der Waals surface area contributed by atoms with Crippen LogP contribution in [0.1, 0.15) is 98.8 Å². The highest BCUT2D eigenvalue weighted by Gasteiger charge is 2.40. The summed E-state index contributed by atoms with van der Waals surface area (Å²) in [5.41, 5.74) is 6.87. The van der Waals surface area contributed by atoms with E-state index in [1.54, 1.807) is 16.2 Å². The van der Waals surface area contributed by atoms with Crippen molar-refractivity contribution in [1.29, 1.82) is 0 Å². The molecule has 5 aliphatic heterocycles. The number of hydrogen-bond acceptors (Lipinski definition) is 10. The van der Waals surface area contributed by atoms with Crippen LogP contribution in [-0.2, 0) is 20.9 Å². The van der Waals surface area contributed by atoms with Crippen LogP contribution in [0.15, 0.2) is 47.5 Å². The second-order valence-electron chi connectivity index (χ2n) is 16.0. The van der Waals surface area contributed by atoms with Crippen LogP contribution in [0.2, 0.25) is 5.02 Å². The fourth-order valence-corrected chi connectivity index (χ4v) is 10.5. The molecule has 3 fully saturated rings. The molecule has 0 radical (unpaired) electrons. The molecule has 0 spiro atoms. The average Bonchev–Trinajstić information content (AvgIpc) is 3.79. The first-order valence-electron chi connectivity index (χ1n) is 19.9. The van der Waals surface area contributed by atoms with E-state index in [4.69, 9.17) is 16.6 Å². The number of carbonyl (C=O) groups excluding carboxylic acids is 4. The van der Waals surface area contributed by atoms with Gasteiger partial charge in [0, 0.05) is 71.8 Å². The number of rotatable bonds is 9. The first kappa shape index (κ1) is 37.8. The molecule has 9 rings (SSSR count). The monoisotopic (exact) mass is 807 g/mol. The van der Waals surface area contributed by atoms with Gasteiger partial charge in [-0.1, -0.05) is 35.9 Å². The van der Waals surface area contributed by atoms with Crippen LogP contribution in [0.25, 0.3) is 5.00 Å². The Kier molecular flexibility index (Phi) is 10.1. The zero-order valence-corrected chi connectivity index (χ0v) is 34.0. The van der Waals surface area contributed by atoms with Gasteiger partial charge in [-0.15, -0.1) is 21.5 Å². The van der Waals surface area contributed by atoms with Crippen LogP contribution in [0, 0.1) is 20.8 Å². The maximum Gasteiger partial charge on any atom is 0.255 e. The number of imide groups is 1. The quantitative estimate of drug-likeness (QED) is 0.233. The highest BCUT2D eigenvalue weighted by Crippen LogP contribution is 2.40. The number of carbonyl (C=O) groups is 4. The lowest BCUT2D eigenvalue weighted by molar-refractivity contribution is -0.137. The molecule has 0 aliphatic carbocycles. The van der Waals surface area contributed by atoms with E-state index in [2.05, 4.69) is 61.2 Å². The topological polar surface area (TPSA) is 145 Å². The van der Waals surface area contributed by atoms with Crippen LogP contribution in [0.4, 0.5) is 0 Å². The van der Waals surface area contributed by atoms with E-state index in [0.717, 1.165) is 84.4 Å². The molecule has 3 saturated heterocycles. The Labute approximate surface area is 340 Å². The third-order valence-electron chi connectivity index (χ3n) is 12.5. The van der Waals surface area contributed by atoms with E-state index in [9.17, 15) is 19.2 Å². The fraction of sp³-hybridized carbons (Fsp3) is 0.452. The van der Waals surface area contributed by atoms with E-state index in [1.807, 2.05) is 37.3 Å². The lowest BCUT2D eigenvalue weighted by Crippen LogP contribution is -2.61. The Morgan fingerprint density at radius 3 is 2.53 bits per heavy atom. The van der Waals surface area contributed by atoms with Crippen LogP contribution in [-0.4, -0.2) is 110 Å². The van der Waals surface area contributed by atoms with E-state index in [0.29, 0.717) is 47.9 Å². The summed E-state index contributed by atoms with van der Waals surface area (Å²) in [6.07, 6.45) is 2.90. The molecular weight excluding hydrogens is 762 g/mol. The largest absolute Gasteiger partial charge is 0.355 e. The van der Waals surface area contributed by atoms with Crippen molar-refractivity contribution in [2.24, 2.45) is 4.99 Å². The Morgan fingerprint density at radius 2 is 1.77 bits per heavy atom. The normalized spacial score (nSPS) is 21.7. The predicted molar refractivity (Wildman–Crippen MR) is 217 cm³/mol. The molecule has 57 heavy (non-hydrogen) atoms. The Morgan fingerprint density at radius 1 is 1.00 bits per heavy atom. The number of amides is 4. The van der Waals surface area contributed by atoms with Gasteiger partial charge < -0.3 is 10.2 Å². The molecule has 15 heteroatoms. The molecule has 2 aromatic carbocycles. The summed E-state index contributed by atoms with van der Waals surface area (Å²) in [5.74, 6) is 1.01. The van der Waals surface area contributed by atoms with E-state index in [-0.39, 0.29) is 36.5 Å². The third kappa shape index (κ3) is 7.10. The van der Waals surface area contributed by atoms with Gasteiger partial charge in [0.15, 0.2) is 5.82 Å². The van der Waals surface area contributed by atoms with E-state index in [1.165, 1.54) is 10.4 Å². The highest BCUT2D eigenvalue weighted by atomic mass is 35.5. The molecule has 7 heterocycles. The third-order valence-corrected chi connectivity index (χ3v) is 13.9. The summed E-state index contributed by atoms with van der Waals surface area (Å²) in [6.45, 7) is 11.9. The molecule has 4 amide bonds. The van der Waals surface area contributed by atoms with Gasteiger partial charge >= 0.3 is 0 Å². The van der Waals surface area contributed by atoms with Crippen molar-refractivity contribution in [3.8, 4) is 5.00 Å². The smallest absolute Gasteiger partial charge is 0.255 e. The number of benzene rings is 2. The minimum Gasteiger partial charge on any atom is -0.355 e. The predicted octanol–water partition coefficient (Wildman–Crippen LogP) is 4.63. The van der Waals surface area contributed by atoms with Crippen LogP contribution >= 0.6 is 22.9 Å². The molecule has 0 saturated carbocycles. The fourth-order valence-electron chi connectivity index (χ4n) is 9.14. The van der Waals surface area contributed by atoms with Crippen molar-refractivity contribution in [2.75, 3.05) is 39.3 Å². The Balaban J connectivity index is 0.763. The SMILES string of the molecule is Cc1sc2c(c1C)C(c1ccc(Cl)cc1)=NC(CC(=O)NCCN1CC(N3CCC(c4ccc5c(c4)CN(C4CCC(=O)NC4=O)C5=O)CC3)C1)c1nnc(C)n1-2. The zero-order chi connectivity index (χ0) is 39.5. The lowest BCUT2D eigenvalue weighted by Gasteiger charge is -2.47. The van der Waals surface area contributed by atoms with Gasteiger partial charge in [0.05, 0.1) is 12.1 Å².